The Morgan fingerprint density at radius 2 is 1.93 bits per heavy atom. The molecule has 3 rings (SSSR count). The first-order valence-corrected chi connectivity index (χ1v) is 12.3. The molecule has 0 spiro atoms. The first-order valence-electron chi connectivity index (χ1n) is 8.88. The van der Waals surface area contributed by atoms with Crippen LogP contribution < -0.4 is 0 Å². The normalized spacial score (nSPS) is 13.1. The summed E-state index contributed by atoms with van der Waals surface area (Å²) in [7, 11) is -4.17. The number of fused-ring (bicyclic) bond motifs is 1. The highest BCUT2D eigenvalue weighted by Crippen LogP contribution is 2.38. The predicted octanol–water partition coefficient (Wildman–Crippen LogP) is 5.76. The van der Waals surface area contributed by atoms with Gasteiger partial charge in [-0.1, -0.05) is 29.8 Å². The number of aromatic amines is 1. The highest BCUT2D eigenvalue weighted by Gasteiger charge is 2.26. The van der Waals surface area contributed by atoms with Crippen molar-refractivity contribution in [3.8, 4) is 0 Å². The second kappa shape index (κ2) is 9.04. The number of nitrogens with one attached hydrogen (secondary N) is 1. The van der Waals surface area contributed by atoms with E-state index in [4.69, 9.17) is 16.2 Å². The molecule has 2 N–H and O–H groups in total. The Hall–Kier alpha value is -1.61. The van der Waals surface area contributed by atoms with Gasteiger partial charge >= 0.3 is 0 Å². The number of H-pyrrole nitrogens is 1. The maximum absolute atomic E-state index is 14.7. The quantitative estimate of drug-likeness (QED) is 0.420. The van der Waals surface area contributed by atoms with E-state index in [2.05, 4.69) is 4.98 Å². The van der Waals surface area contributed by atoms with Crippen molar-refractivity contribution in [1.82, 2.24) is 4.98 Å². The topological polar surface area (TPSA) is 70.2 Å². The van der Waals surface area contributed by atoms with Crippen LogP contribution in [0.3, 0.4) is 0 Å². The molecule has 0 amide bonds. The molecular formula is C20H20ClF2NO3S2. The summed E-state index contributed by atoms with van der Waals surface area (Å²) in [5, 5.41) is 0.767. The summed E-state index contributed by atoms with van der Waals surface area (Å²) < 4.78 is 60.7. The zero-order valence-electron chi connectivity index (χ0n) is 15.6. The van der Waals surface area contributed by atoms with Crippen LogP contribution in [0.2, 0.25) is 5.02 Å². The molecule has 1 aromatic heterocycles. The van der Waals surface area contributed by atoms with Crippen LogP contribution in [0.25, 0.3) is 10.9 Å². The monoisotopic (exact) mass is 459 g/mol. The standard InChI is InChI=1S/C20H20ClF2NO3S2/c1-28-11-12-4-2-5-15-16(10-24-20(12)15)14(6-3-7-29(25,26)27)19-17(22)8-13(21)9-18(19)23/h2,4-5,8-10,14,24H,3,6-7,11H2,1H3,(H,25,26,27). The van der Waals surface area contributed by atoms with Crippen LogP contribution in [-0.4, -0.2) is 30.0 Å². The van der Waals surface area contributed by atoms with E-state index in [0.717, 1.165) is 34.4 Å². The lowest BCUT2D eigenvalue weighted by atomic mass is 9.86. The number of hydrogen-bond donors (Lipinski definition) is 2. The minimum atomic E-state index is -4.17. The fourth-order valence-corrected chi connectivity index (χ4v) is 4.89. The van der Waals surface area contributed by atoms with Crippen molar-refractivity contribution >= 4 is 44.4 Å². The lowest BCUT2D eigenvalue weighted by Crippen LogP contribution is -2.10. The van der Waals surface area contributed by atoms with Crippen LogP contribution in [0.15, 0.2) is 36.5 Å². The highest BCUT2D eigenvalue weighted by atomic mass is 35.5. The second-order valence-corrected chi connectivity index (χ2v) is 9.66. The Kier molecular flexibility index (Phi) is 6.88. The Balaban J connectivity index is 2.11. The molecule has 0 aliphatic carbocycles. The molecule has 3 aromatic rings. The van der Waals surface area contributed by atoms with Gasteiger partial charge in [0.1, 0.15) is 11.6 Å². The minimum Gasteiger partial charge on any atom is -0.361 e. The van der Waals surface area contributed by atoms with Gasteiger partial charge < -0.3 is 4.98 Å². The summed E-state index contributed by atoms with van der Waals surface area (Å²) >= 11 is 7.42. The molecule has 2 aromatic carbocycles. The van der Waals surface area contributed by atoms with Gasteiger partial charge in [-0.2, -0.15) is 20.2 Å². The van der Waals surface area contributed by atoms with Gasteiger partial charge in [0.05, 0.1) is 5.75 Å². The Bertz CT molecular complexity index is 1110. The van der Waals surface area contributed by atoms with E-state index in [9.17, 15) is 17.2 Å². The lowest BCUT2D eigenvalue weighted by Gasteiger charge is -2.19. The molecule has 1 atom stereocenters. The fraction of sp³-hybridized carbons (Fsp3) is 0.300. The molecule has 1 unspecified atom stereocenters. The summed E-state index contributed by atoms with van der Waals surface area (Å²) in [6.45, 7) is 0. The second-order valence-electron chi connectivity index (χ2n) is 6.78. The molecule has 29 heavy (non-hydrogen) atoms. The molecule has 0 fully saturated rings. The van der Waals surface area contributed by atoms with Crippen molar-refractivity contribution in [2.45, 2.75) is 24.5 Å². The number of aromatic nitrogens is 1. The average Bonchev–Trinajstić information content (AvgIpc) is 3.04. The molecule has 0 saturated heterocycles. The number of hydrogen-bond acceptors (Lipinski definition) is 3. The van der Waals surface area contributed by atoms with Gasteiger partial charge in [0.2, 0.25) is 0 Å². The molecule has 4 nitrogen and oxygen atoms in total. The van der Waals surface area contributed by atoms with Crippen LogP contribution in [0, 0.1) is 11.6 Å². The van der Waals surface area contributed by atoms with Gasteiger partial charge in [0, 0.05) is 39.4 Å². The first kappa shape index (κ1) is 22.1. The third-order valence-electron chi connectivity index (χ3n) is 4.80. The van der Waals surface area contributed by atoms with Crippen LogP contribution in [0.1, 0.15) is 35.4 Å². The van der Waals surface area contributed by atoms with Gasteiger partial charge in [-0.25, -0.2) is 8.78 Å². The van der Waals surface area contributed by atoms with Crippen LogP contribution in [0.4, 0.5) is 8.78 Å². The predicted molar refractivity (Wildman–Crippen MR) is 114 cm³/mol. The molecule has 156 valence electrons. The van der Waals surface area contributed by atoms with Crippen molar-refractivity contribution in [3.05, 3.63) is 69.9 Å². The van der Waals surface area contributed by atoms with Gasteiger partial charge in [-0.15, -0.1) is 0 Å². The van der Waals surface area contributed by atoms with E-state index in [1.807, 2.05) is 24.5 Å². The zero-order chi connectivity index (χ0) is 21.2. The zero-order valence-corrected chi connectivity index (χ0v) is 18.0. The van der Waals surface area contributed by atoms with E-state index in [1.165, 1.54) is 0 Å². The van der Waals surface area contributed by atoms with E-state index < -0.39 is 33.4 Å². The molecule has 0 aliphatic rings. The van der Waals surface area contributed by atoms with Crippen LogP contribution in [-0.2, 0) is 15.9 Å². The number of benzene rings is 2. The lowest BCUT2D eigenvalue weighted by molar-refractivity contribution is 0.477. The Morgan fingerprint density at radius 1 is 1.24 bits per heavy atom. The smallest absolute Gasteiger partial charge is 0.264 e. The summed E-state index contributed by atoms with van der Waals surface area (Å²) in [6.07, 6.45) is 3.87. The van der Waals surface area contributed by atoms with E-state index in [-0.39, 0.29) is 23.4 Å². The summed E-state index contributed by atoms with van der Waals surface area (Å²) in [5.41, 5.74) is 2.45. The van der Waals surface area contributed by atoms with Gasteiger partial charge in [0.15, 0.2) is 0 Å². The van der Waals surface area contributed by atoms with Crippen molar-refractivity contribution in [3.63, 3.8) is 0 Å². The summed E-state index contributed by atoms with van der Waals surface area (Å²) in [6, 6.07) is 7.82. The van der Waals surface area contributed by atoms with Crippen molar-refractivity contribution in [1.29, 1.82) is 0 Å². The van der Waals surface area contributed by atoms with Crippen molar-refractivity contribution in [2.75, 3.05) is 12.0 Å². The SMILES string of the molecule is CSCc1cccc2c(C(CCCS(=O)(=O)O)c3c(F)cc(Cl)cc3F)c[nH]c12. The van der Waals surface area contributed by atoms with Crippen molar-refractivity contribution < 1.29 is 21.8 Å². The van der Waals surface area contributed by atoms with Crippen LogP contribution >= 0.6 is 23.4 Å². The Morgan fingerprint density at radius 3 is 2.55 bits per heavy atom. The maximum atomic E-state index is 14.7. The number of rotatable bonds is 8. The number of para-hydroxylation sites is 1. The number of thioether (sulfide) groups is 1. The molecule has 1 heterocycles. The van der Waals surface area contributed by atoms with E-state index in [1.54, 1.807) is 18.0 Å². The minimum absolute atomic E-state index is 0.0438. The fourth-order valence-electron chi connectivity index (χ4n) is 3.61. The molecule has 9 heteroatoms. The average molecular weight is 460 g/mol. The third kappa shape index (κ3) is 5.12. The van der Waals surface area contributed by atoms with E-state index in [0.29, 0.717) is 5.56 Å². The van der Waals surface area contributed by atoms with Gasteiger partial charge in [0.25, 0.3) is 10.1 Å². The molecule has 0 aliphatic heterocycles. The summed E-state index contributed by atoms with van der Waals surface area (Å²) in [5.74, 6) is -2.04. The van der Waals surface area contributed by atoms with Gasteiger partial charge in [-0.3, -0.25) is 4.55 Å². The number of halogens is 3. The van der Waals surface area contributed by atoms with Gasteiger partial charge in [-0.05, 0) is 42.4 Å². The largest absolute Gasteiger partial charge is 0.361 e. The summed E-state index contributed by atoms with van der Waals surface area (Å²) in [4.78, 5) is 3.20. The van der Waals surface area contributed by atoms with Crippen LogP contribution in [0.5, 0.6) is 0 Å². The highest BCUT2D eigenvalue weighted by molar-refractivity contribution is 7.97. The molecular weight excluding hydrogens is 440 g/mol. The maximum Gasteiger partial charge on any atom is 0.264 e. The third-order valence-corrected chi connectivity index (χ3v) is 6.42. The van der Waals surface area contributed by atoms with E-state index >= 15 is 0 Å². The first-order chi connectivity index (χ1) is 13.7. The molecule has 0 saturated carbocycles. The molecule has 0 bridgehead atoms. The molecule has 0 radical (unpaired) electrons. The Labute approximate surface area is 177 Å². The van der Waals surface area contributed by atoms with Crippen molar-refractivity contribution in [2.24, 2.45) is 0 Å².